The van der Waals surface area contributed by atoms with Crippen LogP contribution in [-0.2, 0) is 4.79 Å². The SMILES string of the molecule is CC(=O)NCC1CCCN(c2nccn3nc(C)cc23)C1. The molecule has 6 heteroatoms. The Morgan fingerprint density at radius 3 is 3.19 bits per heavy atom. The quantitative estimate of drug-likeness (QED) is 0.926. The summed E-state index contributed by atoms with van der Waals surface area (Å²) < 4.78 is 1.88. The van der Waals surface area contributed by atoms with E-state index in [0.29, 0.717) is 5.92 Å². The van der Waals surface area contributed by atoms with Gasteiger partial charge in [-0.15, -0.1) is 0 Å². The van der Waals surface area contributed by atoms with E-state index < -0.39 is 0 Å². The molecule has 21 heavy (non-hydrogen) atoms. The van der Waals surface area contributed by atoms with Crippen LogP contribution in [0.15, 0.2) is 18.5 Å². The van der Waals surface area contributed by atoms with Crippen LogP contribution in [0.1, 0.15) is 25.5 Å². The Hall–Kier alpha value is -2.11. The Morgan fingerprint density at radius 2 is 2.38 bits per heavy atom. The molecule has 1 aliphatic heterocycles. The number of aromatic nitrogens is 3. The molecule has 1 fully saturated rings. The van der Waals surface area contributed by atoms with Crippen LogP contribution in [0.25, 0.3) is 5.52 Å². The van der Waals surface area contributed by atoms with Gasteiger partial charge in [0.15, 0.2) is 5.82 Å². The van der Waals surface area contributed by atoms with Gasteiger partial charge in [-0.3, -0.25) is 4.79 Å². The molecule has 2 aromatic rings. The summed E-state index contributed by atoms with van der Waals surface area (Å²) in [6.45, 7) is 6.24. The molecule has 0 radical (unpaired) electrons. The van der Waals surface area contributed by atoms with Crippen molar-refractivity contribution >= 4 is 17.2 Å². The van der Waals surface area contributed by atoms with Gasteiger partial charge in [-0.25, -0.2) is 9.50 Å². The molecule has 1 N–H and O–H groups in total. The molecule has 0 aliphatic carbocycles. The van der Waals surface area contributed by atoms with Crippen LogP contribution in [-0.4, -0.2) is 40.1 Å². The second kappa shape index (κ2) is 5.71. The normalized spacial score (nSPS) is 19.0. The number of nitrogens with one attached hydrogen (secondary N) is 1. The number of hydrogen-bond acceptors (Lipinski definition) is 4. The predicted molar refractivity (Wildman–Crippen MR) is 81.3 cm³/mol. The molecule has 3 rings (SSSR count). The lowest BCUT2D eigenvalue weighted by Gasteiger charge is -2.33. The Balaban J connectivity index is 1.80. The molecule has 0 spiro atoms. The number of carbonyl (C=O) groups is 1. The van der Waals surface area contributed by atoms with Crippen LogP contribution in [0.5, 0.6) is 0 Å². The first-order valence-electron chi connectivity index (χ1n) is 7.44. The van der Waals surface area contributed by atoms with Crippen LogP contribution in [0, 0.1) is 12.8 Å². The number of rotatable bonds is 3. The highest BCUT2D eigenvalue weighted by Gasteiger charge is 2.22. The lowest BCUT2D eigenvalue weighted by Crippen LogP contribution is -2.41. The average Bonchev–Trinajstić information content (AvgIpc) is 2.85. The van der Waals surface area contributed by atoms with E-state index in [-0.39, 0.29) is 5.91 Å². The molecule has 0 bridgehead atoms. The lowest BCUT2D eigenvalue weighted by atomic mass is 9.98. The van der Waals surface area contributed by atoms with Crippen molar-refractivity contribution in [2.24, 2.45) is 5.92 Å². The van der Waals surface area contributed by atoms with Crippen molar-refractivity contribution in [2.75, 3.05) is 24.5 Å². The molecule has 0 aromatic carbocycles. The number of amides is 1. The minimum absolute atomic E-state index is 0.0405. The summed E-state index contributed by atoms with van der Waals surface area (Å²) in [6.07, 6.45) is 5.95. The van der Waals surface area contributed by atoms with Crippen LogP contribution in [0.3, 0.4) is 0 Å². The van der Waals surface area contributed by atoms with Gasteiger partial charge in [0.2, 0.25) is 5.91 Å². The summed E-state index contributed by atoms with van der Waals surface area (Å²) in [7, 11) is 0. The van der Waals surface area contributed by atoms with Gasteiger partial charge in [0.1, 0.15) is 5.52 Å². The summed E-state index contributed by atoms with van der Waals surface area (Å²) in [5.74, 6) is 1.51. The molecular weight excluding hydrogens is 266 g/mol. The highest BCUT2D eigenvalue weighted by atomic mass is 16.1. The number of anilines is 1. The second-order valence-corrected chi connectivity index (χ2v) is 5.76. The minimum Gasteiger partial charge on any atom is -0.356 e. The van der Waals surface area contributed by atoms with E-state index in [4.69, 9.17) is 0 Å². The first kappa shape index (κ1) is 13.9. The van der Waals surface area contributed by atoms with E-state index in [2.05, 4.69) is 26.4 Å². The van der Waals surface area contributed by atoms with E-state index in [1.165, 1.54) is 0 Å². The number of carbonyl (C=O) groups excluding carboxylic acids is 1. The van der Waals surface area contributed by atoms with Gasteiger partial charge in [0.25, 0.3) is 0 Å². The van der Waals surface area contributed by atoms with Gasteiger partial charge >= 0.3 is 0 Å². The van der Waals surface area contributed by atoms with Crippen LogP contribution in [0.2, 0.25) is 0 Å². The third-order valence-electron chi connectivity index (χ3n) is 3.95. The third-order valence-corrected chi connectivity index (χ3v) is 3.95. The van der Waals surface area contributed by atoms with Gasteiger partial charge in [-0.2, -0.15) is 5.10 Å². The van der Waals surface area contributed by atoms with E-state index in [9.17, 15) is 4.79 Å². The van der Waals surface area contributed by atoms with Gasteiger partial charge in [0.05, 0.1) is 5.69 Å². The zero-order chi connectivity index (χ0) is 14.8. The van der Waals surface area contributed by atoms with Crippen LogP contribution < -0.4 is 10.2 Å². The van der Waals surface area contributed by atoms with Crippen LogP contribution in [0.4, 0.5) is 5.82 Å². The zero-order valence-electron chi connectivity index (χ0n) is 12.5. The van der Waals surface area contributed by atoms with Gasteiger partial charge in [-0.05, 0) is 31.7 Å². The molecule has 1 amide bonds. The Bertz CT molecular complexity index is 651. The molecule has 1 saturated heterocycles. The highest BCUT2D eigenvalue weighted by Crippen LogP contribution is 2.25. The van der Waals surface area contributed by atoms with E-state index in [0.717, 1.165) is 49.5 Å². The number of fused-ring (bicyclic) bond motifs is 1. The van der Waals surface area contributed by atoms with E-state index in [1.54, 1.807) is 13.1 Å². The lowest BCUT2D eigenvalue weighted by molar-refractivity contribution is -0.119. The average molecular weight is 287 g/mol. The van der Waals surface area contributed by atoms with Gasteiger partial charge < -0.3 is 10.2 Å². The maximum atomic E-state index is 11.1. The largest absolute Gasteiger partial charge is 0.356 e. The summed E-state index contributed by atoms with van der Waals surface area (Å²) in [6, 6.07) is 2.07. The number of piperidine rings is 1. The first-order chi connectivity index (χ1) is 10.1. The molecule has 1 atom stereocenters. The summed E-state index contributed by atoms with van der Waals surface area (Å²) in [5, 5.41) is 7.37. The van der Waals surface area contributed by atoms with Crippen molar-refractivity contribution in [3.8, 4) is 0 Å². The maximum absolute atomic E-state index is 11.1. The van der Waals surface area contributed by atoms with Gasteiger partial charge in [0, 0.05) is 39.0 Å². The van der Waals surface area contributed by atoms with E-state index >= 15 is 0 Å². The number of aryl methyl sites for hydroxylation is 1. The fourth-order valence-corrected chi connectivity index (χ4v) is 2.99. The molecule has 2 aromatic heterocycles. The molecule has 112 valence electrons. The summed E-state index contributed by atoms with van der Waals surface area (Å²) in [4.78, 5) is 17.9. The van der Waals surface area contributed by atoms with Crippen molar-refractivity contribution < 1.29 is 4.79 Å². The van der Waals surface area contributed by atoms with Crippen molar-refractivity contribution in [1.29, 1.82) is 0 Å². The monoisotopic (exact) mass is 287 g/mol. The first-order valence-corrected chi connectivity index (χ1v) is 7.44. The second-order valence-electron chi connectivity index (χ2n) is 5.76. The van der Waals surface area contributed by atoms with E-state index in [1.807, 2.05) is 17.6 Å². The predicted octanol–water partition coefficient (Wildman–Crippen LogP) is 1.39. The Morgan fingerprint density at radius 1 is 1.52 bits per heavy atom. The summed E-state index contributed by atoms with van der Waals surface area (Å²) >= 11 is 0. The molecular formula is C15H21N5O. The Kier molecular flexibility index (Phi) is 3.77. The molecule has 6 nitrogen and oxygen atoms in total. The smallest absolute Gasteiger partial charge is 0.216 e. The molecule has 3 heterocycles. The summed E-state index contributed by atoms with van der Waals surface area (Å²) in [5.41, 5.74) is 2.05. The maximum Gasteiger partial charge on any atom is 0.216 e. The Labute approximate surface area is 124 Å². The van der Waals surface area contributed by atoms with Crippen molar-refractivity contribution in [2.45, 2.75) is 26.7 Å². The standard InChI is InChI=1S/C15H21N5O/c1-11-8-14-15(16-5-7-20(14)18-11)19-6-3-4-13(10-19)9-17-12(2)21/h5,7-8,13H,3-4,6,9-10H2,1-2H3,(H,17,21). The number of hydrogen-bond donors (Lipinski definition) is 1. The van der Waals surface area contributed by atoms with Crippen molar-refractivity contribution in [3.63, 3.8) is 0 Å². The fraction of sp³-hybridized carbons (Fsp3) is 0.533. The minimum atomic E-state index is 0.0405. The molecule has 1 unspecified atom stereocenters. The molecule has 0 saturated carbocycles. The van der Waals surface area contributed by atoms with Gasteiger partial charge in [-0.1, -0.05) is 0 Å². The van der Waals surface area contributed by atoms with Crippen molar-refractivity contribution in [1.82, 2.24) is 19.9 Å². The number of nitrogens with zero attached hydrogens (tertiary/aromatic N) is 4. The van der Waals surface area contributed by atoms with Crippen molar-refractivity contribution in [3.05, 3.63) is 24.2 Å². The molecule has 1 aliphatic rings. The third kappa shape index (κ3) is 2.99. The highest BCUT2D eigenvalue weighted by molar-refractivity contribution is 5.72. The zero-order valence-corrected chi connectivity index (χ0v) is 12.5. The fourth-order valence-electron chi connectivity index (χ4n) is 2.99. The van der Waals surface area contributed by atoms with Crippen LogP contribution >= 0.6 is 0 Å². The topological polar surface area (TPSA) is 62.5 Å².